The van der Waals surface area contributed by atoms with Gasteiger partial charge in [-0.1, -0.05) is 13.3 Å². The second kappa shape index (κ2) is 6.88. The predicted molar refractivity (Wildman–Crippen MR) is 73.4 cm³/mol. The Hall–Kier alpha value is -0.120. The lowest BCUT2D eigenvalue weighted by Crippen LogP contribution is -2.44. The van der Waals surface area contributed by atoms with Crippen LogP contribution >= 0.6 is 0 Å². The summed E-state index contributed by atoms with van der Waals surface area (Å²) in [7, 11) is 3.49. The monoisotopic (exact) mass is 255 g/mol. The molecule has 4 unspecified atom stereocenters. The molecule has 3 nitrogen and oxygen atoms in total. The minimum absolute atomic E-state index is 0.101. The van der Waals surface area contributed by atoms with Gasteiger partial charge in [-0.3, -0.25) is 0 Å². The zero-order chi connectivity index (χ0) is 13.0. The molecule has 2 fully saturated rings. The first-order valence-corrected chi connectivity index (χ1v) is 7.57. The molecule has 0 aromatic rings. The van der Waals surface area contributed by atoms with E-state index in [4.69, 9.17) is 9.47 Å². The van der Waals surface area contributed by atoms with Crippen molar-refractivity contribution >= 4 is 0 Å². The van der Waals surface area contributed by atoms with Crippen LogP contribution in [0.5, 0.6) is 0 Å². The van der Waals surface area contributed by atoms with E-state index in [9.17, 15) is 0 Å². The van der Waals surface area contributed by atoms with Crippen LogP contribution in [0.1, 0.15) is 45.4 Å². The van der Waals surface area contributed by atoms with Gasteiger partial charge in [0.05, 0.1) is 6.04 Å². The summed E-state index contributed by atoms with van der Waals surface area (Å²) in [4.78, 5) is 0. The zero-order valence-corrected chi connectivity index (χ0v) is 12.2. The van der Waals surface area contributed by atoms with E-state index in [-0.39, 0.29) is 6.29 Å². The van der Waals surface area contributed by atoms with Gasteiger partial charge < -0.3 is 14.8 Å². The molecule has 2 bridgehead atoms. The average Bonchev–Trinajstić information content (AvgIpc) is 2.99. The molecule has 0 spiro atoms. The van der Waals surface area contributed by atoms with Crippen LogP contribution in [0.15, 0.2) is 0 Å². The number of ether oxygens (including phenoxy) is 2. The average molecular weight is 255 g/mol. The second-order valence-corrected chi connectivity index (χ2v) is 6.07. The van der Waals surface area contributed by atoms with Crippen molar-refractivity contribution in [3.63, 3.8) is 0 Å². The highest BCUT2D eigenvalue weighted by atomic mass is 16.7. The topological polar surface area (TPSA) is 30.5 Å². The first-order chi connectivity index (χ1) is 8.78. The lowest BCUT2D eigenvalue weighted by atomic mass is 9.84. The zero-order valence-electron chi connectivity index (χ0n) is 12.2. The quantitative estimate of drug-likeness (QED) is 0.677. The molecule has 18 heavy (non-hydrogen) atoms. The number of hydrogen-bond donors (Lipinski definition) is 1. The third-order valence-electron chi connectivity index (χ3n) is 4.89. The maximum absolute atomic E-state index is 5.46. The molecule has 2 aliphatic carbocycles. The maximum atomic E-state index is 5.46. The van der Waals surface area contributed by atoms with Gasteiger partial charge in [0.2, 0.25) is 0 Å². The van der Waals surface area contributed by atoms with E-state index in [0.717, 1.165) is 30.7 Å². The van der Waals surface area contributed by atoms with Crippen molar-refractivity contribution in [3.8, 4) is 0 Å². The van der Waals surface area contributed by atoms with Gasteiger partial charge in [0.25, 0.3) is 0 Å². The fourth-order valence-corrected chi connectivity index (χ4v) is 4.04. The molecule has 3 heteroatoms. The molecule has 2 saturated carbocycles. The number of nitrogens with one attached hydrogen (secondary N) is 1. The Kier molecular flexibility index (Phi) is 5.46. The van der Waals surface area contributed by atoms with Gasteiger partial charge in [0.1, 0.15) is 0 Å². The molecule has 0 radical (unpaired) electrons. The van der Waals surface area contributed by atoms with E-state index in [0.29, 0.717) is 6.04 Å². The van der Waals surface area contributed by atoms with Crippen LogP contribution in [-0.4, -0.2) is 33.1 Å². The smallest absolute Gasteiger partial charge is 0.171 e. The van der Waals surface area contributed by atoms with Gasteiger partial charge in [-0.05, 0) is 56.4 Å². The van der Waals surface area contributed by atoms with E-state index in [1.807, 2.05) is 0 Å². The molecular formula is C15H29NO2. The Morgan fingerprint density at radius 2 is 1.94 bits per heavy atom. The molecule has 2 rings (SSSR count). The van der Waals surface area contributed by atoms with Crippen molar-refractivity contribution in [2.45, 2.75) is 57.8 Å². The first-order valence-electron chi connectivity index (χ1n) is 7.57. The van der Waals surface area contributed by atoms with Crippen molar-refractivity contribution in [1.29, 1.82) is 0 Å². The third-order valence-corrected chi connectivity index (χ3v) is 4.89. The Balaban J connectivity index is 1.87. The Labute approximate surface area is 112 Å². The Morgan fingerprint density at radius 3 is 2.44 bits per heavy atom. The summed E-state index contributed by atoms with van der Waals surface area (Å²) in [5.41, 5.74) is 0. The van der Waals surface area contributed by atoms with Crippen LogP contribution in [0.3, 0.4) is 0 Å². The largest absolute Gasteiger partial charge is 0.354 e. The van der Waals surface area contributed by atoms with Crippen molar-refractivity contribution in [3.05, 3.63) is 0 Å². The molecule has 4 atom stereocenters. The first kappa shape index (κ1) is 14.3. The van der Waals surface area contributed by atoms with Crippen molar-refractivity contribution in [2.24, 2.45) is 17.8 Å². The SMILES string of the molecule is CCCNC(CC1CC2CCC1C2)C(OC)OC. The summed E-state index contributed by atoms with van der Waals surface area (Å²) in [5, 5.41) is 3.61. The number of fused-ring (bicyclic) bond motifs is 2. The standard InChI is InChI=1S/C15H29NO2/c1-4-7-16-14(15(17-2)18-3)10-13-9-11-5-6-12(13)8-11/h11-16H,4-10H2,1-3H3. The van der Waals surface area contributed by atoms with Crippen LogP contribution in [0.4, 0.5) is 0 Å². The molecule has 1 N–H and O–H groups in total. The highest BCUT2D eigenvalue weighted by Gasteiger charge is 2.41. The third kappa shape index (κ3) is 3.25. The summed E-state index contributed by atoms with van der Waals surface area (Å²) in [5.74, 6) is 2.90. The van der Waals surface area contributed by atoms with E-state index >= 15 is 0 Å². The molecule has 0 aromatic carbocycles. The lowest BCUT2D eigenvalue weighted by molar-refractivity contribution is -0.127. The Bertz CT molecular complexity index is 243. The summed E-state index contributed by atoms with van der Waals surface area (Å²) in [6.45, 7) is 3.25. The van der Waals surface area contributed by atoms with Gasteiger partial charge in [-0.15, -0.1) is 0 Å². The molecule has 106 valence electrons. The van der Waals surface area contributed by atoms with E-state index in [1.165, 1.54) is 32.1 Å². The molecule has 0 aromatic heterocycles. The molecule has 0 saturated heterocycles. The van der Waals surface area contributed by atoms with Crippen LogP contribution in [0, 0.1) is 17.8 Å². The minimum atomic E-state index is -0.101. The molecular weight excluding hydrogens is 226 g/mol. The summed E-state index contributed by atoms with van der Waals surface area (Å²) in [6.07, 6.45) is 8.13. The van der Waals surface area contributed by atoms with Gasteiger partial charge in [0.15, 0.2) is 6.29 Å². The second-order valence-electron chi connectivity index (χ2n) is 6.07. The highest BCUT2D eigenvalue weighted by Crippen LogP contribution is 2.50. The summed E-state index contributed by atoms with van der Waals surface area (Å²) < 4.78 is 10.9. The summed E-state index contributed by atoms with van der Waals surface area (Å²) >= 11 is 0. The van der Waals surface area contributed by atoms with Gasteiger partial charge >= 0.3 is 0 Å². The van der Waals surface area contributed by atoms with Crippen LogP contribution in [-0.2, 0) is 9.47 Å². The maximum Gasteiger partial charge on any atom is 0.171 e. The molecule has 0 heterocycles. The van der Waals surface area contributed by atoms with Gasteiger partial charge in [-0.2, -0.15) is 0 Å². The number of methoxy groups -OCH3 is 2. The Morgan fingerprint density at radius 1 is 1.17 bits per heavy atom. The minimum Gasteiger partial charge on any atom is -0.354 e. The molecule has 0 aliphatic heterocycles. The van der Waals surface area contributed by atoms with E-state index in [1.54, 1.807) is 14.2 Å². The number of hydrogen-bond acceptors (Lipinski definition) is 3. The van der Waals surface area contributed by atoms with Crippen molar-refractivity contribution in [2.75, 3.05) is 20.8 Å². The molecule has 2 aliphatic rings. The number of rotatable bonds is 8. The predicted octanol–water partition coefficient (Wildman–Crippen LogP) is 2.80. The summed E-state index contributed by atoms with van der Waals surface area (Å²) in [6, 6.07) is 0.351. The highest BCUT2D eigenvalue weighted by molar-refractivity contribution is 4.92. The van der Waals surface area contributed by atoms with Gasteiger partial charge in [0, 0.05) is 14.2 Å². The van der Waals surface area contributed by atoms with Crippen molar-refractivity contribution < 1.29 is 9.47 Å². The van der Waals surface area contributed by atoms with Crippen LogP contribution < -0.4 is 5.32 Å². The van der Waals surface area contributed by atoms with E-state index < -0.39 is 0 Å². The molecule has 0 amide bonds. The van der Waals surface area contributed by atoms with Gasteiger partial charge in [-0.25, -0.2) is 0 Å². The fourth-order valence-electron chi connectivity index (χ4n) is 4.04. The van der Waals surface area contributed by atoms with Crippen molar-refractivity contribution in [1.82, 2.24) is 5.32 Å². The normalized spacial score (nSPS) is 32.3. The lowest BCUT2D eigenvalue weighted by Gasteiger charge is -2.31. The van der Waals surface area contributed by atoms with E-state index in [2.05, 4.69) is 12.2 Å². The van der Waals surface area contributed by atoms with Crippen LogP contribution in [0.2, 0.25) is 0 Å². The fraction of sp³-hybridized carbons (Fsp3) is 1.00. The van der Waals surface area contributed by atoms with Crippen LogP contribution in [0.25, 0.3) is 0 Å².